The molecule has 0 aliphatic heterocycles. The van der Waals surface area contributed by atoms with Crippen molar-refractivity contribution in [3.05, 3.63) is 52.8 Å². The second-order valence-electron chi connectivity index (χ2n) is 4.96. The average Bonchev–Trinajstić information content (AvgIpc) is 2.77. The van der Waals surface area contributed by atoms with Gasteiger partial charge in [0.05, 0.1) is 11.3 Å². The molecule has 110 valence electrons. The van der Waals surface area contributed by atoms with Crippen LogP contribution in [0.3, 0.4) is 0 Å². The van der Waals surface area contributed by atoms with E-state index in [4.69, 9.17) is 5.11 Å². The van der Waals surface area contributed by atoms with Crippen LogP contribution in [-0.4, -0.2) is 38.7 Å². The Morgan fingerprint density at radius 3 is 2.38 bits per heavy atom. The first-order valence-electron chi connectivity index (χ1n) is 6.47. The van der Waals surface area contributed by atoms with Gasteiger partial charge in [-0.2, -0.15) is 5.10 Å². The van der Waals surface area contributed by atoms with E-state index in [-0.39, 0.29) is 11.5 Å². The van der Waals surface area contributed by atoms with Crippen LogP contribution in [0.5, 0.6) is 0 Å². The Balaban J connectivity index is 2.10. The third-order valence-corrected chi connectivity index (χ3v) is 3.19. The van der Waals surface area contributed by atoms with Crippen molar-refractivity contribution in [2.24, 2.45) is 7.05 Å². The normalized spacial score (nSPS) is 10.4. The molecule has 6 heteroatoms. The van der Waals surface area contributed by atoms with Crippen molar-refractivity contribution in [1.29, 1.82) is 0 Å². The molecule has 2 aromatic rings. The lowest BCUT2D eigenvalue weighted by Gasteiger charge is -2.17. The van der Waals surface area contributed by atoms with Crippen molar-refractivity contribution in [2.75, 3.05) is 7.05 Å². The highest BCUT2D eigenvalue weighted by atomic mass is 16.4. The summed E-state index contributed by atoms with van der Waals surface area (Å²) in [7, 11) is 3.44. The number of aromatic carboxylic acids is 1. The van der Waals surface area contributed by atoms with Crippen molar-refractivity contribution >= 4 is 11.9 Å². The number of hydrogen-bond acceptors (Lipinski definition) is 3. The van der Waals surface area contributed by atoms with Crippen LogP contribution in [0.1, 0.15) is 32.1 Å². The van der Waals surface area contributed by atoms with Crippen LogP contribution in [-0.2, 0) is 13.6 Å². The molecular formula is C15H17N3O3. The van der Waals surface area contributed by atoms with Crippen LogP contribution in [0.25, 0.3) is 0 Å². The molecule has 0 atom stereocenters. The Labute approximate surface area is 122 Å². The Morgan fingerprint density at radius 1 is 1.29 bits per heavy atom. The van der Waals surface area contributed by atoms with Gasteiger partial charge in [-0.1, -0.05) is 12.1 Å². The van der Waals surface area contributed by atoms with E-state index in [1.165, 1.54) is 12.1 Å². The summed E-state index contributed by atoms with van der Waals surface area (Å²) in [5, 5.41) is 13.0. The molecule has 1 aromatic heterocycles. The summed E-state index contributed by atoms with van der Waals surface area (Å²) < 4.78 is 1.56. The topological polar surface area (TPSA) is 75.4 Å². The van der Waals surface area contributed by atoms with E-state index in [0.29, 0.717) is 12.2 Å². The summed E-state index contributed by atoms with van der Waals surface area (Å²) in [6.07, 6.45) is 0. The molecule has 0 spiro atoms. The lowest BCUT2D eigenvalue weighted by Crippen LogP contribution is -2.28. The monoisotopic (exact) mass is 287 g/mol. The quantitative estimate of drug-likeness (QED) is 0.928. The molecule has 0 unspecified atom stereocenters. The number of carbonyl (C=O) groups excluding carboxylic acids is 1. The molecule has 6 nitrogen and oxygen atoms in total. The molecule has 0 radical (unpaired) electrons. The molecular weight excluding hydrogens is 270 g/mol. The van der Waals surface area contributed by atoms with Crippen LogP contribution in [0, 0.1) is 6.92 Å². The lowest BCUT2D eigenvalue weighted by molar-refractivity contribution is 0.0695. The molecule has 0 saturated heterocycles. The van der Waals surface area contributed by atoms with Crippen molar-refractivity contribution in [1.82, 2.24) is 14.7 Å². The van der Waals surface area contributed by atoms with Crippen LogP contribution in [0.4, 0.5) is 0 Å². The van der Waals surface area contributed by atoms with E-state index >= 15 is 0 Å². The standard InChI is InChI=1S/C15H17N3O3/c1-10-8-13(18(3)16-10)14(19)17(2)9-11-4-6-12(7-5-11)15(20)21/h4-8H,9H2,1-3H3,(H,20,21). The molecule has 0 bridgehead atoms. The first-order chi connectivity index (χ1) is 9.88. The van der Waals surface area contributed by atoms with Crippen LogP contribution in [0.2, 0.25) is 0 Å². The Bertz CT molecular complexity index is 674. The fourth-order valence-electron chi connectivity index (χ4n) is 2.10. The van der Waals surface area contributed by atoms with Crippen molar-refractivity contribution in [3.63, 3.8) is 0 Å². The Morgan fingerprint density at radius 2 is 1.90 bits per heavy atom. The zero-order valence-corrected chi connectivity index (χ0v) is 12.2. The SMILES string of the molecule is Cc1cc(C(=O)N(C)Cc2ccc(C(=O)O)cc2)n(C)n1. The zero-order chi connectivity index (χ0) is 15.6. The van der Waals surface area contributed by atoms with E-state index in [2.05, 4.69) is 5.10 Å². The van der Waals surface area contributed by atoms with Crippen molar-refractivity contribution in [3.8, 4) is 0 Å². The summed E-state index contributed by atoms with van der Waals surface area (Å²) >= 11 is 0. The number of aryl methyl sites for hydroxylation is 2. The van der Waals surface area contributed by atoms with Crippen molar-refractivity contribution in [2.45, 2.75) is 13.5 Å². The first-order valence-corrected chi connectivity index (χ1v) is 6.47. The predicted molar refractivity (Wildman–Crippen MR) is 77.1 cm³/mol. The van der Waals surface area contributed by atoms with Crippen LogP contribution < -0.4 is 0 Å². The summed E-state index contributed by atoms with van der Waals surface area (Å²) in [5.74, 6) is -1.09. The number of carboxylic acid groups (broad SMARTS) is 1. The van der Waals surface area contributed by atoms with E-state index in [0.717, 1.165) is 11.3 Å². The number of hydrogen-bond donors (Lipinski definition) is 1. The number of benzene rings is 1. The summed E-state index contributed by atoms with van der Waals surface area (Å²) in [6, 6.07) is 8.23. The smallest absolute Gasteiger partial charge is 0.335 e. The van der Waals surface area contributed by atoms with E-state index in [9.17, 15) is 9.59 Å². The molecule has 1 N–H and O–H groups in total. The van der Waals surface area contributed by atoms with Gasteiger partial charge < -0.3 is 10.0 Å². The number of nitrogens with zero attached hydrogens (tertiary/aromatic N) is 3. The van der Waals surface area contributed by atoms with Gasteiger partial charge in [0.25, 0.3) is 5.91 Å². The highest BCUT2D eigenvalue weighted by Crippen LogP contribution is 2.10. The maximum absolute atomic E-state index is 12.3. The van der Waals surface area contributed by atoms with Crippen molar-refractivity contribution < 1.29 is 14.7 Å². The van der Waals surface area contributed by atoms with Gasteiger partial charge in [-0.15, -0.1) is 0 Å². The first kappa shape index (κ1) is 14.8. The van der Waals surface area contributed by atoms with Gasteiger partial charge in [0.15, 0.2) is 0 Å². The molecule has 0 aliphatic rings. The van der Waals surface area contributed by atoms with Gasteiger partial charge in [0.1, 0.15) is 5.69 Å². The number of rotatable bonds is 4. The Kier molecular flexibility index (Phi) is 4.07. The maximum atomic E-state index is 12.3. The largest absolute Gasteiger partial charge is 0.478 e. The van der Waals surface area contributed by atoms with Crippen LogP contribution >= 0.6 is 0 Å². The molecule has 0 saturated carbocycles. The average molecular weight is 287 g/mol. The predicted octanol–water partition coefficient (Wildman–Crippen LogP) is 1.70. The van der Waals surface area contributed by atoms with Gasteiger partial charge in [-0.05, 0) is 30.7 Å². The highest BCUT2D eigenvalue weighted by Gasteiger charge is 2.16. The fourth-order valence-corrected chi connectivity index (χ4v) is 2.10. The minimum Gasteiger partial charge on any atom is -0.478 e. The Hall–Kier alpha value is -2.63. The minimum absolute atomic E-state index is 0.125. The second kappa shape index (κ2) is 5.78. The number of carbonyl (C=O) groups is 2. The van der Waals surface area contributed by atoms with Gasteiger partial charge >= 0.3 is 5.97 Å². The molecule has 1 heterocycles. The van der Waals surface area contributed by atoms with Gasteiger partial charge in [-0.3, -0.25) is 9.48 Å². The minimum atomic E-state index is -0.962. The van der Waals surface area contributed by atoms with Crippen LogP contribution in [0.15, 0.2) is 30.3 Å². The molecule has 1 aromatic carbocycles. The maximum Gasteiger partial charge on any atom is 0.335 e. The summed E-state index contributed by atoms with van der Waals surface area (Å²) in [5.41, 5.74) is 2.42. The van der Waals surface area contributed by atoms with Gasteiger partial charge in [0, 0.05) is 20.6 Å². The van der Waals surface area contributed by atoms with E-state index in [1.807, 2.05) is 6.92 Å². The number of carboxylic acids is 1. The number of amides is 1. The van der Waals surface area contributed by atoms with E-state index in [1.54, 1.807) is 41.9 Å². The van der Waals surface area contributed by atoms with Gasteiger partial charge in [-0.25, -0.2) is 4.79 Å². The highest BCUT2D eigenvalue weighted by molar-refractivity contribution is 5.92. The lowest BCUT2D eigenvalue weighted by atomic mass is 10.1. The third kappa shape index (κ3) is 3.28. The fraction of sp³-hybridized carbons (Fsp3) is 0.267. The summed E-state index contributed by atoms with van der Waals surface area (Å²) in [6.45, 7) is 2.24. The van der Waals surface area contributed by atoms with Gasteiger partial charge in [0.2, 0.25) is 0 Å². The molecule has 0 aliphatic carbocycles. The third-order valence-electron chi connectivity index (χ3n) is 3.19. The molecule has 0 fully saturated rings. The number of aromatic nitrogens is 2. The molecule has 1 amide bonds. The summed E-state index contributed by atoms with van der Waals surface area (Å²) in [4.78, 5) is 24.7. The molecule has 21 heavy (non-hydrogen) atoms. The molecule has 2 rings (SSSR count). The zero-order valence-electron chi connectivity index (χ0n) is 12.2. The second-order valence-corrected chi connectivity index (χ2v) is 4.96. The van der Waals surface area contributed by atoms with E-state index < -0.39 is 5.97 Å².